The number of nitrogens with zero attached hydrogens (tertiary/aromatic N) is 4. The van der Waals surface area contributed by atoms with E-state index in [2.05, 4.69) is 49.3 Å². The molecule has 1 aromatic heterocycles. The molecule has 2 heterocycles. The number of carbonyl (C=O) groups is 1. The van der Waals surface area contributed by atoms with Crippen LogP contribution in [0.2, 0.25) is 0 Å². The quantitative estimate of drug-likeness (QED) is 0.678. The second kappa shape index (κ2) is 7.40. The lowest BCUT2D eigenvalue weighted by molar-refractivity contribution is -0.115. The molecule has 1 unspecified atom stereocenters. The van der Waals surface area contributed by atoms with Crippen molar-refractivity contribution in [2.45, 2.75) is 39.2 Å². The SMILES string of the molecule is CC1=C(C(N)=O)C(c2ccc(C#N)cc2)n2nc(-c3ccc(C(C)(C)C)cc3)nc2N1. The second-order valence-corrected chi connectivity index (χ2v) is 8.70. The van der Waals surface area contributed by atoms with Crippen LogP contribution < -0.4 is 11.1 Å². The molecule has 0 aliphatic carbocycles. The Morgan fingerprint density at radius 1 is 1.13 bits per heavy atom. The van der Waals surface area contributed by atoms with Gasteiger partial charge in [-0.3, -0.25) is 4.79 Å². The fourth-order valence-electron chi connectivity index (χ4n) is 3.76. The molecule has 0 radical (unpaired) electrons. The van der Waals surface area contributed by atoms with Crippen molar-refractivity contribution >= 4 is 11.9 Å². The van der Waals surface area contributed by atoms with Crippen molar-refractivity contribution < 1.29 is 4.79 Å². The molecule has 1 amide bonds. The number of allylic oxidation sites excluding steroid dienone is 1. The van der Waals surface area contributed by atoms with Gasteiger partial charge in [0.1, 0.15) is 6.04 Å². The zero-order valence-corrected chi connectivity index (χ0v) is 18.0. The van der Waals surface area contributed by atoms with Crippen molar-refractivity contribution in [3.8, 4) is 17.5 Å². The van der Waals surface area contributed by atoms with Gasteiger partial charge in [0.25, 0.3) is 0 Å². The summed E-state index contributed by atoms with van der Waals surface area (Å²) in [5, 5.41) is 17.0. The highest BCUT2D eigenvalue weighted by molar-refractivity contribution is 5.95. The molecule has 1 aliphatic rings. The van der Waals surface area contributed by atoms with Gasteiger partial charge in [-0.15, -0.1) is 5.10 Å². The van der Waals surface area contributed by atoms with Gasteiger partial charge in [0.2, 0.25) is 11.9 Å². The van der Waals surface area contributed by atoms with Gasteiger partial charge in [0.15, 0.2) is 5.82 Å². The number of nitrogens with one attached hydrogen (secondary N) is 1. The van der Waals surface area contributed by atoms with Crippen molar-refractivity contribution in [1.29, 1.82) is 5.26 Å². The van der Waals surface area contributed by atoms with E-state index in [4.69, 9.17) is 16.1 Å². The summed E-state index contributed by atoms with van der Waals surface area (Å²) in [6, 6.07) is 16.8. The van der Waals surface area contributed by atoms with Crippen LogP contribution in [0, 0.1) is 11.3 Å². The predicted octanol–water partition coefficient (Wildman–Crippen LogP) is 3.89. The molecule has 0 saturated heterocycles. The van der Waals surface area contributed by atoms with Crippen molar-refractivity contribution in [2.75, 3.05) is 5.32 Å². The Balaban J connectivity index is 1.80. The molecular formula is C24H24N6O. The molecule has 0 saturated carbocycles. The summed E-state index contributed by atoms with van der Waals surface area (Å²) in [5.74, 6) is 0.559. The molecule has 7 heteroatoms. The van der Waals surface area contributed by atoms with E-state index in [-0.39, 0.29) is 5.41 Å². The first-order valence-electron chi connectivity index (χ1n) is 10.0. The number of benzene rings is 2. The first-order chi connectivity index (χ1) is 14.7. The summed E-state index contributed by atoms with van der Waals surface area (Å²) in [7, 11) is 0. The molecule has 2 aromatic carbocycles. The Hall–Kier alpha value is -3.92. The zero-order valence-electron chi connectivity index (χ0n) is 18.0. The zero-order chi connectivity index (χ0) is 22.3. The van der Waals surface area contributed by atoms with E-state index < -0.39 is 11.9 Å². The average molecular weight is 412 g/mol. The van der Waals surface area contributed by atoms with E-state index in [9.17, 15) is 4.79 Å². The minimum Gasteiger partial charge on any atom is -0.366 e. The van der Waals surface area contributed by atoms with Gasteiger partial charge in [0, 0.05) is 11.3 Å². The number of rotatable bonds is 3. The van der Waals surface area contributed by atoms with Gasteiger partial charge in [-0.05, 0) is 35.6 Å². The highest BCUT2D eigenvalue weighted by atomic mass is 16.1. The fraction of sp³-hybridized carbons (Fsp3) is 0.250. The van der Waals surface area contributed by atoms with Gasteiger partial charge >= 0.3 is 0 Å². The van der Waals surface area contributed by atoms with E-state index in [1.54, 1.807) is 23.7 Å². The largest absolute Gasteiger partial charge is 0.366 e. The molecular weight excluding hydrogens is 388 g/mol. The Morgan fingerprint density at radius 2 is 1.77 bits per heavy atom. The molecule has 1 atom stereocenters. The number of hydrogen-bond donors (Lipinski definition) is 2. The first kappa shape index (κ1) is 20.4. The maximum Gasteiger partial charge on any atom is 0.248 e. The van der Waals surface area contributed by atoms with Gasteiger partial charge in [0.05, 0.1) is 17.2 Å². The molecule has 156 valence electrons. The van der Waals surface area contributed by atoms with Crippen molar-refractivity contribution in [3.63, 3.8) is 0 Å². The minimum absolute atomic E-state index is 0.0546. The summed E-state index contributed by atoms with van der Waals surface area (Å²) in [4.78, 5) is 17.0. The monoisotopic (exact) mass is 412 g/mol. The van der Waals surface area contributed by atoms with Crippen LogP contribution in [0.3, 0.4) is 0 Å². The fourth-order valence-corrected chi connectivity index (χ4v) is 3.76. The first-order valence-corrected chi connectivity index (χ1v) is 10.0. The molecule has 1 aliphatic heterocycles. The van der Waals surface area contributed by atoms with E-state index >= 15 is 0 Å². The Morgan fingerprint density at radius 3 is 2.32 bits per heavy atom. The molecule has 31 heavy (non-hydrogen) atoms. The van der Waals surface area contributed by atoms with Crippen molar-refractivity contribution in [2.24, 2.45) is 5.73 Å². The normalized spacial score (nSPS) is 15.8. The molecule has 3 aromatic rings. The van der Waals surface area contributed by atoms with Crippen LogP contribution in [0.4, 0.5) is 5.95 Å². The van der Waals surface area contributed by atoms with Gasteiger partial charge in [-0.1, -0.05) is 57.2 Å². The van der Waals surface area contributed by atoms with Crippen LogP contribution >= 0.6 is 0 Å². The topological polar surface area (TPSA) is 110 Å². The summed E-state index contributed by atoms with van der Waals surface area (Å²) in [6.45, 7) is 8.30. The van der Waals surface area contributed by atoms with Crippen molar-refractivity contribution in [3.05, 3.63) is 76.5 Å². The number of carbonyl (C=O) groups excluding carboxylic acids is 1. The number of nitrogens with two attached hydrogens (primary N) is 1. The average Bonchev–Trinajstić information content (AvgIpc) is 3.15. The van der Waals surface area contributed by atoms with E-state index in [0.29, 0.717) is 28.6 Å². The van der Waals surface area contributed by atoms with Crippen LogP contribution in [0.15, 0.2) is 59.8 Å². The van der Waals surface area contributed by atoms with Gasteiger partial charge in [-0.2, -0.15) is 10.2 Å². The molecule has 0 spiro atoms. The standard InChI is InChI=1S/C24H24N6O/c1-14-19(21(26)31)20(16-7-5-15(13-25)6-8-16)30-23(27-14)28-22(29-30)17-9-11-18(12-10-17)24(2,3)4/h5-12,20H,1-4H3,(H2,26,31)(H,27,28,29). The second-order valence-electron chi connectivity index (χ2n) is 8.70. The van der Waals surface area contributed by atoms with Crippen LogP contribution in [-0.4, -0.2) is 20.7 Å². The lowest BCUT2D eigenvalue weighted by Crippen LogP contribution is -2.31. The van der Waals surface area contributed by atoms with Crippen LogP contribution in [0.5, 0.6) is 0 Å². The number of nitriles is 1. The predicted molar refractivity (Wildman–Crippen MR) is 119 cm³/mol. The third kappa shape index (κ3) is 3.68. The molecule has 4 rings (SSSR count). The Bertz CT molecular complexity index is 1220. The number of aromatic nitrogens is 3. The minimum atomic E-state index is -0.531. The smallest absolute Gasteiger partial charge is 0.248 e. The third-order valence-electron chi connectivity index (χ3n) is 5.48. The van der Waals surface area contributed by atoms with Crippen LogP contribution in [0.1, 0.15) is 50.4 Å². The maximum absolute atomic E-state index is 12.3. The number of anilines is 1. The number of fused-ring (bicyclic) bond motifs is 1. The Labute approximate surface area is 181 Å². The van der Waals surface area contributed by atoms with Gasteiger partial charge < -0.3 is 11.1 Å². The maximum atomic E-state index is 12.3. The van der Waals surface area contributed by atoms with E-state index in [1.165, 1.54) is 5.56 Å². The highest BCUT2D eigenvalue weighted by Gasteiger charge is 2.33. The number of amides is 1. The molecule has 0 fully saturated rings. The molecule has 3 N–H and O–H groups in total. The van der Waals surface area contributed by atoms with Crippen LogP contribution in [-0.2, 0) is 10.2 Å². The molecule has 0 bridgehead atoms. The van der Waals surface area contributed by atoms with Gasteiger partial charge in [-0.25, -0.2) is 4.68 Å². The van der Waals surface area contributed by atoms with Crippen LogP contribution in [0.25, 0.3) is 11.4 Å². The highest BCUT2D eigenvalue weighted by Crippen LogP contribution is 2.36. The third-order valence-corrected chi connectivity index (χ3v) is 5.48. The lowest BCUT2D eigenvalue weighted by atomic mass is 9.87. The summed E-state index contributed by atoms with van der Waals surface area (Å²) >= 11 is 0. The summed E-state index contributed by atoms with van der Waals surface area (Å²) < 4.78 is 1.68. The van der Waals surface area contributed by atoms with Crippen molar-refractivity contribution in [1.82, 2.24) is 14.8 Å². The van der Waals surface area contributed by atoms with E-state index in [0.717, 1.165) is 11.1 Å². The molecule has 7 nitrogen and oxygen atoms in total. The lowest BCUT2D eigenvalue weighted by Gasteiger charge is -2.27. The number of hydrogen-bond acceptors (Lipinski definition) is 5. The van der Waals surface area contributed by atoms with E-state index in [1.807, 2.05) is 24.3 Å². The Kier molecular flexibility index (Phi) is 4.86. The summed E-state index contributed by atoms with van der Waals surface area (Å²) in [5.41, 5.74) is 10.3. The summed E-state index contributed by atoms with van der Waals surface area (Å²) in [6.07, 6.45) is 0. The number of primary amides is 1.